The molecule has 0 saturated heterocycles. The van der Waals surface area contributed by atoms with Crippen LogP contribution in [0.1, 0.15) is 47.9 Å². The Labute approximate surface area is 269 Å². The van der Waals surface area contributed by atoms with Crippen molar-refractivity contribution in [3.63, 3.8) is 0 Å². The molecule has 0 radical (unpaired) electrons. The summed E-state index contributed by atoms with van der Waals surface area (Å²) in [6.07, 6.45) is 3.67. The maximum absolute atomic E-state index is 11.9. The van der Waals surface area contributed by atoms with Crippen LogP contribution in [0.4, 0.5) is 9.59 Å². The normalized spacial score (nSPS) is 15.9. The van der Waals surface area contributed by atoms with Gasteiger partial charge in [-0.15, -0.1) is 0 Å². The first-order valence-corrected chi connectivity index (χ1v) is 15.4. The van der Waals surface area contributed by atoms with Gasteiger partial charge in [0, 0.05) is 6.42 Å². The Balaban J connectivity index is 1.08. The Morgan fingerprint density at radius 2 is 0.957 bits per heavy atom. The van der Waals surface area contributed by atoms with E-state index in [1.807, 2.05) is 109 Å². The first kappa shape index (κ1) is 32.3. The third-order valence-electron chi connectivity index (χ3n) is 7.63. The fraction of sp³-hybridized carbons (Fsp3) is 0.278. The van der Waals surface area contributed by atoms with Crippen LogP contribution in [0, 0.1) is 0 Å². The molecule has 4 N–H and O–H groups in total. The molecular formula is C36H40N4O6. The van der Waals surface area contributed by atoms with Crippen LogP contribution in [-0.2, 0) is 36.0 Å². The van der Waals surface area contributed by atoms with Gasteiger partial charge < -0.3 is 20.9 Å². The van der Waals surface area contributed by atoms with Crippen molar-refractivity contribution in [1.82, 2.24) is 10.1 Å². The summed E-state index contributed by atoms with van der Waals surface area (Å²) in [5, 5.41) is 2.32. The molecule has 46 heavy (non-hydrogen) atoms. The Hall–Kier alpha value is -5.06. The Kier molecular flexibility index (Phi) is 11.5. The summed E-state index contributed by atoms with van der Waals surface area (Å²) in [7, 11) is 0. The zero-order valence-electron chi connectivity index (χ0n) is 25.7. The molecule has 1 aliphatic carbocycles. The van der Waals surface area contributed by atoms with Gasteiger partial charge in [0.2, 0.25) is 0 Å². The van der Waals surface area contributed by atoms with Gasteiger partial charge in [-0.3, -0.25) is 9.68 Å². The van der Waals surface area contributed by atoms with Crippen LogP contribution in [0.2, 0.25) is 0 Å². The van der Waals surface area contributed by atoms with Gasteiger partial charge in [-0.2, -0.15) is 10.1 Å². The molecule has 0 unspecified atom stereocenters. The summed E-state index contributed by atoms with van der Waals surface area (Å²) in [4.78, 5) is 35.2. The van der Waals surface area contributed by atoms with Crippen molar-refractivity contribution in [2.75, 3.05) is 0 Å². The van der Waals surface area contributed by atoms with Crippen molar-refractivity contribution in [3.8, 4) is 11.5 Å². The second kappa shape index (κ2) is 16.3. The van der Waals surface area contributed by atoms with E-state index in [2.05, 4.69) is 0 Å². The summed E-state index contributed by atoms with van der Waals surface area (Å²) < 4.78 is 12.6. The second-order valence-corrected chi connectivity index (χ2v) is 11.2. The van der Waals surface area contributed by atoms with Crippen molar-refractivity contribution in [1.29, 1.82) is 0 Å². The highest BCUT2D eigenvalue weighted by molar-refractivity contribution is 5.71. The monoisotopic (exact) mass is 624 g/mol. The molecule has 0 spiro atoms. The molecule has 4 aromatic carbocycles. The molecule has 4 aromatic rings. The molecule has 0 bridgehead atoms. The van der Waals surface area contributed by atoms with Crippen LogP contribution in [0.15, 0.2) is 109 Å². The Morgan fingerprint density at radius 3 is 1.33 bits per heavy atom. The predicted molar refractivity (Wildman–Crippen MR) is 173 cm³/mol. The van der Waals surface area contributed by atoms with Crippen LogP contribution >= 0.6 is 0 Å². The molecule has 1 fully saturated rings. The highest BCUT2D eigenvalue weighted by Gasteiger charge is 2.25. The lowest BCUT2D eigenvalue weighted by Gasteiger charge is -2.30. The molecule has 1 aliphatic rings. The second-order valence-electron chi connectivity index (χ2n) is 11.2. The van der Waals surface area contributed by atoms with Gasteiger partial charge in [-0.05, 0) is 65.8 Å². The minimum atomic E-state index is -0.653. The number of amides is 4. The average Bonchev–Trinajstić information content (AvgIpc) is 3.07. The van der Waals surface area contributed by atoms with Crippen LogP contribution in [-0.4, -0.2) is 34.4 Å². The largest absolute Gasteiger partial charge is 0.490 e. The summed E-state index contributed by atoms with van der Waals surface area (Å²) in [5.74, 6) is 1.51. The van der Waals surface area contributed by atoms with Crippen molar-refractivity contribution in [2.45, 2.75) is 64.2 Å². The van der Waals surface area contributed by atoms with Crippen molar-refractivity contribution < 1.29 is 28.7 Å². The smallest absolute Gasteiger partial charge is 0.339 e. The van der Waals surface area contributed by atoms with Crippen LogP contribution in [0.25, 0.3) is 0 Å². The number of primary amides is 2. The number of hydroxylamine groups is 4. The lowest BCUT2D eigenvalue weighted by atomic mass is 9.94. The van der Waals surface area contributed by atoms with Gasteiger partial charge in [-0.1, -0.05) is 84.9 Å². The standard InChI is InChI=1S/C36H40N4O6/c37-35(41)39(43-25-29-8-3-1-4-9-29)23-27-14-18-31(19-15-27)45-33-12-7-13-34(22-33)46-32-20-16-28(17-21-32)24-40(36(38)42)44-26-30-10-5-2-6-11-30/h1-6,8-11,14-21,33-34H,7,12-13,22-26H2,(H2,37,41)(H2,38,42)/t33-,34+. The fourth-order valence-corrected chi connectivity index (χ4v) is 5.21. The maximum atomic E-state index is 11.9. The minimum absolute atomic E-state index is 0.0195. The summed E-state index contributed by atoms with van der Waals surface area (Å²) >= 11 is 0. The van der Waals surface area contributed by atoms with E-state index < -0.39 is 12.1 Å². The Morgan fingerprint density at radius 1 is 0.565 bits per heavy atom. The number of rotatable bonds is 14. The number of nitrogens with zero attached hydrogens (tertiary/aromatic N) is 2. The van der Waals surface area contributed by atoms with E-state index in [1.165, 1.54) is 0 Å². The summed E-state index contributed by atoms with van der Waals surface area (Å²) in [6.45, 7) is 0.944. The van der Waals surface area contributed by atoms with E-state index in [0.29, 0.717) is 0 Å². The molecule has 0 heterocycles. The quantitative estimate of drug-likeness (QED) is 0.155. The van der Waals surface area contributed by atoms with E-state index >= 15 is 0 Å². The number of hydrogen-bond donors (Lipinski definition) is 2. The SMILES string of the molecule is NC(=O)N(Cc1ccc(O[C@@H]2CCC[C@H](Oc3ccc(CN(OCc4ccccc4)C(N)=O)cc3)C2)cc1)OCc1ccccc1. The van der Waals surface area contributed by atoms with Gasteiger partial charge in [0.05, 0.1) is 13.1 Å². The zero-order valence-corrected chi connectivity index (χ0v) is 25.7. The zero-order chi connectivity index (χ0) is 32.1. The van der Waals surface area contributed by atoms with Crippen LogP contribution in [0.3, 0.4) is 0 Å². The molecular weight excluding hydrogens is 584 g/mol. The van der Waals surface area contributed by atoms with Crippen molar-refractivity contribution in [2.24, 2.45) is 11.5 Å². The number of carbonyl (C=O) groups excluding carboxylic acids is 2. The fourth-order valence-electron chi connectivity index (χ4n) is 5.21. The van der Waals surface area contributed by atoms with Crippen LogP contribution in [0.5, 0.6) is 11.5 Å². The highest BCUT2D eigenvalue weighted by Crippen LogP contribution is 2.28. The Bertz CT molecular complexity index is 1410. The van der Waals surface area contributed by atoms with Crippen LogP contribution < -0.4 is 20.9 Å². The van der Waals surface area contributed by atoms with Gasteiger partial charge in [0.1, 0.15) is 36.9 Å². The number of urea groups is 2. The molecule has 4 amide bonds. The van der Waals surface area contributed by atoms with E-state index in [4.69, 9.17) is 30.6 Å². The molecule has 0 aliphatic heterocycles. The van der Waals surface area contributed by atoms with E-state index in [0.717, 1.165) is 69.6 Å². The number of benzene rings is 4. The number of hydrogen-bond acceptors (Lipinski definition) is 6. The third-order valence-corrected chi connectivity index (χ3v) is 7.63. The lowest BCUT2D eigenvalue weighted by Crippen LogP contribution is -2.35. The van der Waals surface area contributed by atoms with Gasteiger partial charge in [0.15, 0.2) is 0 Å². The number of ether oxygens (including phenoxy) is 2. The van der Waals surface area contributed by atoms with E-state index in [9.17, 15) is 9.59 Å². The molecule has 240 valence electrons. The number of nitrogens with two attached hydrogens (primary N) is 2. The van der Waals surface area contributed by atoms with E-state index in [1.54, 1.807) is 0 Å². The summed E-state index contributed by atoms with van der Waals surface area (Å²) in [6, 6.07) is 33.1. The number of carbonyl (C=O) groups is 2. The first-order chi connectivity index (χ1) is 22.4. The predicted octanol–water partition coefficient (Wildman–Crippen LogP) is 6.48. The molecule has 1 saturated carbocycles. The molecule has 5 rings (SSSR count). The average molecular weight is 625 g/mol. The molecule has 10 heteroatoms. The van der Waals surface area contributed by atoms with Gasteiger partial charge in [0.25, 0.3) is 0 Å². The molecule has 10 nitrogen and oxygen atoms in total. The minimum Gasteiger partial charge on any atom is -0.490 e. The third kappa shape index (κ3) is 9.98. The van der Waals surface area contributed by atoms with Crippen molar-refractivity contribution in [3.05, 3.63) is 131 Å². The van der Waals surface area contributed by atoms with Crippen molar-refractivity contribution >= 4 is 12.1 Å². The lowest BCUT2D eigenvalue weighted by molar-refractivity contribution is -0.132. The van der Waals surface area contributed by atoms with Gasteiger partial charge >= 0.3 is 12.1 Å². The summed E-state index contributed by atoms with van der Waals surface area (Å²) in [5.41, 5.74) is 14.7. The van der Waals surface area contributed by atoms with E-state index in [-0.39, 0.29) is 38.5 Å². The van der Waals surface area contributed by atoms with Gasteiger partial charge in [-0.25, -0.2) is 9.59 Å². The topological polar surface area (TPSA) is 130 Å². The maximum Gasteiger partial charge on any atom is 0.339 e. The molecule has 0 aromatic heterocycles. The highest BCUT2D eigenvalue weighted by atomic mass is 16.7. The molecule has 2 atom stereocenters. The first-order valence-electron chi connectivity index (χ1n) is 15.4.